The summed E-state index contributed by atoms with van der Waals surface area (Å²) in [7, 11) is 3.19. The molecule has 1 aromatic heterocycles. The van der Waals surface area contributed by atoms with Crippen molar-refractivity contribution < 1.29 is 14.6 Å². The van der Waals surface area contributed by atoms with E-state index in [1.165, 1.54) is 0 Å². The maximum Gasteiger partial charge on any atom is 0.162 e. The maximum atomic E-state index is 9.56. The highest BCUT2D eigenvalue weighted by Crippen LogP contribution is 2.32. The van der Waals surface area contributed by atoms with Crippen LogP contribution in [0.15, 0.2) is 48.8 Å². The number of phenolic OH excluding ortho intramolecular Hbond substituents is 1. The summed E-state index contributed by atoms with van der Waals surface area (Å²) in [6, 6.07) is 10.6. The number of hydrogen-bond donors (Lipinski definition) is 1. The van der Waals surface area contributed by atoms with Gasteiger partial charge in [0.2, 0.25) is 0 Å². The number of aromatic hydroxyl groups is 1. The number of ether oxygens (including phenoxy) is 2. The molecule has 0 saturated heterocycles. The molecule has 6 heteroatoms. The van der Waals surface area contributed by atoms with E-state index in [4.69, 9.17) is 21.1 Å². The highest BCUT2D eigenvalue weighted by molar-refractivity contribution is 6.32. The van der Waals surface area contributed by atoms with E-state index in [0.717, 1.165) is 11.3 Å². The van der Waals surface area contributed by atoms with E-state index in [1.54, 1.807) is 38.6 Å². The van der Waals surface area contributed by atoms with Crippen LogP contribution in [0, 0.1) is 0 Å². The molecule has 0 aliphatic rings. The van der Waals surface area contributed by atoms with Gasteiger partial charge in [-0.15, -0.1) is 0 Å². The Morgan fingerprint density at radius 1 is 1.04 bits per heavy atom. The SMILES string of the molecule is COc1ccc(-n2ccnc2-c2ccc(O)c(Cl)c2)cc1OC. The molecule has 0 aliphatic carbocycles. The molecule has 2 aromatic carbocycles. The minimum atomic E-state index is 0.0413. The fourth-order valence-electron chi connectivity index (χ4n) is 2.35. The van der Waals surface area contributed by atoms with Crippen molar-refractivity contribution in [2.24, 2.45) is 0 Å². The number of halogens is 1. The third-order valence-electron chi connectivity index (χ3n) is 3.49. The fraction of sp³-hybridized carbons (Fsp3) is 0.118. The number of nitrogens with zero attached hydrogens (tertiary/aromatic N) is 2. The first-order valence-corrected chi connectivity index (χ1v) is 7.26. The third-order valence-corrected chi connectivity index (χ3v) is 3.79. The van der Waals surface area contributed by atoms with E-state index in [2.05, 4.69) is 4.98 Å². The number of benzene rings is 2. The van der Waals surface area contributed by atoms with E-state index < -0.39 is 0 Å². The van der Waals surface area contributed by atoms with Crippen LogP contribution in [0.1, 0.15) is 0 Å². The van der Waals surface area contributed by atoms with Gasteiger partial charge in [0.15, 0.2) is 11.5 Å². The molecule has 0 radical (unpaired) electrons. The normalized spacial score (nSPS) is 10.6. The smallest absolute Gasteiger partial charge is 0.162 e. The summed E-state index contributed by atoms with van der Waals surface area (Å²) in [5.74, 6) is 2.04. The Hall–Kier alpha value is -2.66. The van der Waals surface area contributed by atoms with Crippen molar-refractivity contribution in [1.82, 2.24) is 9.55 Å². The topological polar surface area (TPSA) is 56.5 Å². The van der Waals surface area contributed by atoms with Crippen LogP contribution in [-0.4, -0.2) is 28.9 Å². The standard InChI is InChI=1S/C17H15ClN2O3/c1-22-15-6-4-12(10-16(15)23-2)20-8-7-19-17(20)11-3-5-14(21)13(18)9-11/h3-10,21H,1-2H3. The van der Waals surface area contributed by atoms with Gasteiger partial charge < -0.3 is 14.6 Å². The molecule has 3 aromatic rings. The average molecular weight is 331 g/mol. The Morgan fingerprint density at radius 3 is 2.52 bits per heavy atom. The Labute approximate surface area is 138 Å². The fourth-order valence-corrected chi connectivity index (χ4v) is 2.53. The second-order valence-corrected chi connectivity index (χ2v) is 5.23. The lowest BCUT2D eigenvalue weighted by atomic mass is 10.2. The van der Waals surface area contributed by atoms with Gasteiger partial charge in [-0.3, -0.25) is 4.57 Å². The lowest BCUT2D eigenvalue weighted by Crippen LogP contribution is -1.98. The summed E-state index contributed by atoms with van der Waals surface area (Å²) >= 11 is 5.99. The summed E-state index contributed by atoms with van der Waals surface area (Å²) in [5.41, 5.74) is 1.67. The van der Waals surface area contributed by atoms with E-state index in [-0.39, 0.29) is 10.8 Å². The molecule has 3 rings (SSSR count). The highest BCUT2D eigenvalue weighted by Gasteiger charge is 2.12. The second kappa shape index (κ2) is 6.22. The molecule has 0 unspecified atom stereocenters. The molecule has 0 aliphatic heterocycles. The summed E-state index contributed by atoms with van der Waals surface area (Å²) in [4.78, 5) is 4.38. The zero-order chi connectivity index (χ0) is 16.4. The molecule has 0 saturated carbocycles. The Kier molecular flexibility index (Phi) is 4.12. The van der Waals surface area contributed by atoms with Gasteiger partial charge in [0.05, 0.1) is 24.9 Å². The van der Waals surface area contributed by atoms with Crippen molar-refractivity contribution in [3.8, 4) is 34.3 Å². The monoisotopic (exact) mass is 330 g/mol. The van der Waals surface area contributed by atoms with Crippen LogP contribution in [0.3, 0.4) is 0 Å². The highest BCUT2D eigenvalue weighted by atomic mass is 35.5. The molecular formula is C17H15ClN2O3. The summed E-state index contributed by atoms with van der Waals surface area (Å²) < 4.78 is 12.5. The van der Waals surface area contributed by atoms with Crippen LogP contribution in [0.2, 0.25) is 5.02 Å². The maximum absolute atomic E-state index is 9.56. The van der Waals surface area contributed by atoms with Gasteiger partial charge in [0, 0.05) is 24.0 Å². The number of hydrogen-bond acceptors (Lipinski definition) is 4. The van der Waals surface area contributed by atoms with Gasteiger partial charge in [-0.1, -0.05) is 11.6 Å². The van der Waals surface area contributed by atoms with Crippen molar-refractivity contribution >= 4 is 11.6 Å². The van der Waals surface area contributed by atoms with Crippen molar-refractivity contribution in [2.75, 3.05) is 14.2 Å². The van der Waals surface area contributed by atoms with E-state index in [1.807, 2.05) is 29.0 Å². The van der Waals surface area contributed by atoms with E-state index in [0.29, 0.717) is 17.3 Å². The largest absolute Gasteiger partial charge is 0.506 e. The van der Waals surface area contributed by atoms with Crippen LogP contribution in [-0.2, 0) is 0 Å². The molecular weight excluding hydrogens is 316 g/mol. The van der Waals surface area contributed by atoms with Crippen LogP contribution in [0.25, 0.3) is 17.1 Å². The quantitative estimate of drug-likeness (QED) is 0.788. The Bertz CT molecular complexity index is 846. The molecule has 1 N–H and O–H groups in total. The Balaban J connectivity index is 2.09. The number of imidazole rings is 1. The summed E-state index contributed by atoms with van der Waals surface area (Å²) in [5, 5.41) is 9.85. The predicted octanol–water partition coefficient (Wildman–Crippen LogP) is 3.92. The van der Waals surface area contributed by atoms with E-state index in [9.17, 15) is 5.11 Å². The molecule has 0 atom stereocenters. The molecule has 0 spiro atoms. The van der Waals surface area contributed by atoms with Crippen LogP contribution >= 0.6 is 11.6 Å². The predicted molar refractivity (Wildman–Crippen MR) is 88.8 cm³/mol. The lowest BCUT2D eigenvalue weighted by Gasteiger charge is -2.12. The minimum Gasteiger partial charge on any atom is -0.506 e. The zero-order valence-electron chi connectivity index (χ0n) is 12.7. The molecule has 0 fully saturated rings. The second-order valence-electron chi connectivity index (χ2n) is 4.83. The number of methoxy groups -OCH3 is 2. The van der Waals surface area contributed by atoms with Gasteiger partial charge in [-0.05, 0) is 30.3 Å². The molecule has 5 nitrogen and oxygen atoms in total. The van der Waals surface area contributed by atoms with Gasteiger partial charge in [0.1, 0.15) is 11.6 Å². The number of aromatic nitrogens is 2. The first-order valence-electron chi connectivity index (χ1n) is 6.88. The van der Waals surface area contributed by atoms with Crippen LogP contribution in [0.5, 0.6) is 17.2 Å². The van der Waals surface area contributed by atoms with Gasteiger partial charge in [0.25, 0.3) is 0 Å². The van der Waals surface area contributed by atoms with Crippen molar-refractivity contribution in [3.63, 3.8) is 0 Å². The van der Waals surface area contributed by atoms with Crippen molar-refractivity contribution in [2.45, 2.75) is 0 Å². The van der Waals surface area contributed by atoms with E-state index >= 15 is 0 Å². The molecule has 1 heterocycles. The number of phenols is 1. The van der Waals surface area contributed by atoms with Crippen LogP contribution in [0.4, 0.5) is 0 Å². The van der Waals surface area contributed by atoms with Gasteiger partial charge in [-0.2, -0.15) is 0 Å². The zero-order valence-corrected chi connectivity index (χ0v) is 13.4. The lowest BCUT2D eigenvalue weighted by molar-refractivity contribution is 0.355. The summed E-state index contributed by atoms with van der Waals surface area (Å²) in [6.45, 7) is 0. The molecule has 0 amide bonds. The van der Waals surface area contributed by atoms with Crippen LogP contribution < -0.4 is 9.47 Å². The minimum absolute atomic E-state index is 0.0413. The molecule has 118 valence electrons. The van der Waals surface area contributed by atoms with Gasteiger partial charge >= 0.3 is 0 Å². The first-order chi connectivity index (χ1) is 11.1. The average Bonchev–Trinajstić information content (AvgIpc) is 3.06. The van der Waals surface area contributed by atoms with Gasteiger partial charge in [-0.25, -0.2) is 4.98 Å². The van der Waals surface area contributed by atoms with Crippen molar-refractivity contribution in [3.05, 3.63) is 53.8 Å². The van der Waals surface area contributed by atoms with Crippen molar-refractivity contribution in [1.29, 1.82) is 0 Å². The number of rotatable bonds is 4. The first kappa shape index (κ1) is 15.2. The summed E-state index contributed by atoms with van der Waals surface area (Å²) in [6.07, 6.45) is 3.55. The molecule has 23 heavy (non-hydrogen) atoms. The molecule has 0 bridgehead atoms. The third kappa shape index (κ3) is 2.83. The Morgan fingerprint density at radius 2 is 1.83 bits per heavy atom.